The Kier molecular flexibility index (Phi) is 6.64. The van der Waals surface area contributed by atoms with Crippen LogP contribution in [-0.4, -0.2) is 40.9 Å². The van der Waals surface area contributed by atoms with Crippen molar-refractivity contribution in [3.05, 3.63) is 70.5 Å². The summed E-state index contributed by atoms with van der Waals surface area (Å²) in [7, 11) is 1.68. The summed E-state index contributed by atoms with van der Waals surface area (Å²) in [6.07, 6.45) is 0. The fourth-order valence-corrected chi connectivity index (χ4v) is 3.32. The molecule has 0 aliphatic rings. The van der Waals surface area contributed by atoms with Gasteiger partial charge in [-0.05, 0) is 37.4 Å². The highest BCUT2D eigenvalue weighted by Crippen LogP contribution is 2.20. The smallest absolute Gasteiger partial charge is 0.256 e. The second-order valence-electron chi connectivity index (χ2n) is 7.02. The number of nitrogens with one attached hydrogen (secondary N) is 2. The van der Waals surface area contributed by atoms with Crippen molar-refractivity contribution >= 4 is 34.1 Å². The van der Waals surface area contributed by atoms with Crippen LogP contribution >= 0.6 is 0 Å². The molecule has 7 heteroatoms. The minimum absolute atomic E-state index is 0.111. The molecule has 0 unspecified atom stereocenters. The van der Waals surface area contributed by atoms with E-state index in [1.54, 1.807) is 37.4 Å². The number of pyridine rings is 1. The van der Waals surface area contributed by atoms with Crippen LogP contribution in [0.1, 0.15) is 24.2 Å². The number of likely N-dealkylation sites (N-methyl/N-ethyl adjacent to an activating group) is 1. The third-order valence-corrected chi connectivity index (χ3v) is 5.06. The summed E-state index contributed by atoms with van der Waals surface area (Å²) in [5, 5.41) is 6.38. The Morgan fingerprint density at radius 2 is 1.60 bits per heavy atom. The quantitative estimate of drug-likeness (QED) is 0.632. The highest BCUT2D eigenvalue weighted by atomic mass is 16.2. The number of aromatic nitrogens is 1. The molecule has 1 heterocycles. The van der Waals surface area contributed by atoms with E-state index in [1.807, 2.05) is 36.9 Å². The van der Waals surface area contributed by atoms with Gasteiger partial charge in [-0.3, -0.25) is 19.3 Å². The van der Waals surface area contributed by atoms with E-state index in [0.717, 1.165) is 13.1 Å². The first-order chi connectivity index (χ1) is 14.4. The maximum Gasteiger partial charge on any atom is 0.256 e. The minimum atomic E-state index is -0.379. The molecule has 30 heavy (non-hydrogen) atoms. The van der Waals surface area contributed by atoms with Gasteiger partial charge in [0.05, 0.1) is 17.6 Å². The van der Waals surface area contributed by atoms with Crippen molar-refractivity contribution in [2.45, 2.75) is 13.8 Å². The van der Waals surface area contributed by atoms with Gasteiger partial charge in [0, 0.05) is 29.9 Å². The van der Waals surface area contributed by atoms with E-state index in [4.69, 9.17) is 0 Å². The predicted octanol–water partition coefficient (Wildman–Crippen LogP) is 3.07. The van der Waals surface area contributed by atoms with Crippen molar-refractivity contribution < 1.29 is 9.59 Å². The number of rotatable bonds is 7. The van der Waals surface area contributed by atoms with Gasteiger partial charge in [0.25, 0.3) is 11.5 Å². The van der Waals surface area contributed by atoms with Gasteiger partial charge >= 0.3 is 0 Å². The van der Waals surface area contributed by atoms with E-state index in [2.05, 4.69) is 10.6 Å². The van der Waals surface area contributed by atoms with Gasteiger partial charge in [0.1, 0.15) is 0 Å². The largest absolute Gasteiger partial charge is 0.325 e. The summed E-state index contributed by atoms with van der Waals surface area (Å²) < 4.78 is 1.51. The van der Waals surface area contributed by atoms with E-state index < -0.39 is 0 Å². The van der Waals surface area contributed by atoms with Crippen molar-refractivity contribution in [2.24, 2.45) is 7.05 Å². The van der Waals surface area contributed by atoms with Crippen LogP contribution in [0.2, 0.25) is 0 Å². The molecule has 3 aromatic rings. The Hall–Kier alpha value is -3.45. The SMILES string of the molecule is CCN(CC)CC(=O)Nc1cccc(NC(=O)c2cc(=O)n(C)c3ccccc23)c1. The Bertz CT molecular complexity index is 1130. The number of carbonyl (C=O) groups is 2. The molecule has 0 atom stereocenters. The number of fused-ring (bicyclic) bond motifs is 1. The molecule has 3 rings (SSSR count). The number of amides is 2. The summed E-state index contributed by atoms with van der Waals surface area (Å²) in [4.78, 5) is 39.4. The molecule has 1 aromatic heterocycles. The molecule has 0 aliphatic carbocycles. The van der Waals surface area contributed by atoms with Crippen molar-refractivity contribution in [2.75, 3.05) is 30.3 Å². The first kappa shape index (κ1) is 21.3. The molecule has 0 bridgehead atoms. The zero-order valence-corrected chi connectivity index (χ0v) is 17.4. The number of benzene rings is 2. The fraction of sp³-hybridized carbons (Fsp3) is 0.261. The first-order valence-electron chi connectivity index (χ1n) is 9.95. The van der Waals surface area contributed by atoms with E-state index in [0.29, 0.717) is 34.4 Å². The lowest BCUT2D eigenvalue weighted by molar-refractivity contribution is -0.117. The van der Waals surface area contributed by atoms with E-state index in [9.17, 15) is 14.4 Å². The molecule has 0 saturated carbocycles. The van der Waals surface area contributed by atoms with Crippen LogP contribution in [0.5, 0.6) is 0 Å². The van der Waals surface area contributed by atoms with Crippen LogP contribution in [0.3, 0.4) is 0 Å². The normalized spacial score (nSPS) is 10.9. The summed E-state index contributed by atoms with van der Waals surface area (Å²) in [5.74, 6) is -0.491. The Balaban J connectivity index is 1.79. The van der Waals surface area contributed by atoms with Crippen molar-refractivity contribution in [3.63, 3.8) is 0 Å². The van der Waals surface area contributed by atoms with Gasteiger partial charge in [-0.1, -0.05) is 38.1 Å². The third kappa shape index (κ3) is 4.75. The lowest BCUT2D eigenvalue weighted by Gasteiger charge is -2.17. The lowest BCUT2D eigenvalue weighted by atomic mass is 10.1. The molecule has 0 radical (unpaired) electrons. The Morgan fingerprint density at radius 3 is 2.30 bits per heavy atom. The third-order valence-electron chi connectivity index (χ3n) is 5.06. The van der Waals surface area contributed by atoms with Crippen LogP contribution < -0.4 is 16.2 Å². The maximum absolute atomic E-state index is 12.9. The van der Waals surface area contributed by atoms with Gasteiger partial charge in [-0.2, -0.15) is 0 Å². The first-order valence-corrected chi connectivity index (χ1v) is 9.95. The van der Waals surface area contributed by atoms with Crippen molar-refractivity contribution in [1.29, 1.82) is 0 Å². The number of para-hydroxylation sites is 1. The van der Waals surface area contributed by atoms with Crippen molar-refractivity contribution in [1.82, 2.24) is 9.47 Å². The maximum atomic E-state index is 12.9. The molecule has 2 aromatic carbocycles. The average molecular weight is 406 g/mol. The predicted molar refractivity (Wildman–Crippen MR) is 120 cm³/mol. The molecule has 2 N–H and O–H groups in total. The van der Waals surface area contributed by atoms with Gasteiger partial charge in [0.15, 0.2) is 0 Å². The van der Waals surface area contributed by atoms with Gasteiger partial charge in [-0.15, -0.1) is 0 Å². The number of hydrogen-bond donors (Lipinski definition) is 2. The van der Waals surface area contributed by atoms with Crippen LogP contribution in [0.15, 0.2) is 59.4 Å². The van der Waals surface area contributed by atoms with Crippen LogP contribution in [0.4, 0.5) is 11.4 Å². The van der Waals surface area contributed by atoms with Gasteiger partial charge in [-0.25, -0.2) is 0 Å². The second kappa shape index (κ2) is 9.37. The van der Waals surface area contributed by atoms with Crippen molar-refractivity contribution in [3.8, 4) is 0 Å². The fourth-order valence-electron chi connectivity index (χ4n) is 3.32. The Labute approximate surface area is 175 Å². The topological polar surface area (TPSA) is 83.4 Å². The average Bonchev–Trinajstić information content (AvgIpc) is 2.74. The number of carbonyl (C=O) groups excluding carboxylic acids is 2. The molecule has 0 spiro atoms. The van der Waals surface area contributed by atoms with Gasteiger partial charge < -0.3 is 15.2 Å². The number of anilines is 2. The van der Waals surface area contributed by atoms with E-state index in [1.165, 1.54) is 10.6 Å². The van der Waals surface area contributed by atoms with E-state index >= 15 is 0 Å². The molecule has 156 valence electrons. The second-order valence-corrected chi connectivity index (χ2v) is 7.02. The van der Waals surface area contributed by atoms with Crippen LogP contribution in [0, 0.1) is 0 Å². The lowest BCUT2D eigenvalue weighted by Crippen LogP contribution is -2.32. The Morgan fingerprint density at radius 1 is 0.933 bits per heavy atom. The summed E-state index contributed by atoms with van der Waals surface area (Å²) >= 11 is 0. The molecule has 7 nitrogen and oxygen atoms in total. The molecule has 0 fully saturated rings. The van der Waals surface area contributed by atoms with Crippen LogP contribution in [-0.2, 0) is 11.8 Å². The van der Waals surface area contributed by atoms with Gasteiger partial charge in [0.2, 0.25) is 5.91 Å². The molecule has 0 aliphatic heterocycles. The highest BCUT2D eigenvalue weighted by molar-refractivity contribution is 6.12. The number of hydrogen-bond acceptors (Lipinski definition) is 4. The summed E-state index contributed by atoms with van der Waals surface area (Å²) in [5.41, 5.74) is 1.87. The number of aryl methyl sites for hydroxylation is 1. The molecule has 0 saturated heterocycles. The number of nitrogens with zero attached hydrogens (tertiary/aromatic N) is 2. The summed E-state index contributed by atoms with van der Waals surface area (Å²) in [6.45, 7) is 5.92. The van der Waals surface area contributed by atoms with E-state index in [-0.39, 0.29) is 17.4 Å². The van der Waals surface area contributed by atoms with Crippen LogP contribution in [0.25, 0.3) is 10.9 Å². The molecular weight excluding hydrogens is 380 g/mol. The minimum Gasteiger partial charge on any atom is -0.325 e. The zero-order valence-electron chi connectivity index (χ0n) is 17.4. The standard InChI is InChI=1S/C23H26N4O3/c1-4-27(5-2)15-21(28)24-16-9-8-10-17(13-16)25-23(30)19-14-22(29)26(3)20-12-7-6-11-18(19)20/h6-14H,4-5,15H2,1-3H3,(H,24,28)(H,25,30). The molecular formula is C23H26N4O3. The zero-order chi connectivity index (χ0) is 21.7. The highest BCUT2D eigenvalue weighted by Gasteiger charge is 2.14. The monoisotopic (exact) mass is 406 g/mol. The summed E-state index contributed by atoms with van der Waals surface area (Å²) in [6, 6.07) is 15.6. The molecule has 2 amide bonds.